The van der Waals surface area contributed by atoms with Crippen molar-refractivity contribution in [1.29, 1.82) is 0 Å². The van der Waals surface area contributed by atoms with Crippen LogP contribution in [0.15, 0.2) is 47.0 Å². The number of carbonyl (C=O) groups excluding carboxylic acids is 4. The van der Waals surface area contributed by atoms with E-state index < -0.39 is 11.9 Å². The molecule has 2 atom stereocenters. The molecular formula is C32H36N6O6. The maximum Gasteiger partial charge on any atom is 0.255 e. The molecule has 0 aliphatic carbocycles. The molecule has 1 aromatic heterocycles. The zero-order valence-electron chi connectivity index (χ0n) is 24.6. The Morgan fingerprint density at radius 2 is 1.84 bits per heavy atom. The summed E-state index contributed by atoms with van der Waals surface area (Å²) in [4.78, 5) is 58.6. The van der Waals surface area contributed by atoms with Gasteiger partial charge in [-0.15, -0.1) is 0 Å². The Labute approximate surface area is 254 Å². The molecule has 4 aliphatic heterocycles. The van der Waals surface area contributed by atoms with Gasteiger partial charge in [0.05, 0.1) is 24.6 Å². The van der Waals surface area contributed by atoms with Gasteiger partial charge in [0.15, 0.2) is 11.4 Å². The number of nitrogens with zero attached hydrogens (tertiary/aromatic N) is 5. The van der Waals surface area contributed by atoms with Crippen LogP contribution in [0.1, 0.15) is 48.0 Å². The molecule has 0 radical (unpaired) electrons. The lowest BCUT2D eigenvalue weighted by atomic mass is 10.0. The molecule has 0 bridgehead atoms. The number of piperazine rings is 1. The number of imide groups is 1. The van der Waals surface area contributed by atoms with E-state index in [0.717, 1.165) is 54.7 Å². The van der Waals surface area contributed by atoms with E-state index in [1.807, 2.05) is 35.2 Å². The predicted molar refractivity (Wildman–Crippen MR) is 160 cm³/mol. The van der Waals surface area contributed by atoms with Crippen molar-refractivity contribution < 1.29 is 28.4 Å². The molecular weight excluding hydrogens is 564 g/mol. The molecule has 230 valence electrons. The van der Waals surface area contributed by atoms with Crippen molar-refractivity contribution >= 4 is 40.4 Å². The molecule has 3 saturated heterocycles. The topological polar surface area (TPSA) is 129 Å². The molecule has 0 spiro atoms. The van der Waals surface area contributed by atoms with Gasteiger partial charge in [0.25, 0.3) is 5.91 Å². The normalized spacial score (nSPS) is 22.5. The average molecular weight is 601 g/mol. The van der Waals surface area contributed by atoms with Gasteiger partial charge in [-0.3, -0.25) is 29.4 Å². The summed E-state index contributed by atoms with van der Waals surface area (Å²) < 4.78 is 11.6. The molecule has 12 nitrogen and oxygen atoms in total. The molecule has 12 heteroatoms. The van der Waals surface area contributed by atoms with Crippen LogP contribution in [0.25, 0.3) is 11.0 Å². The van der Waals surface area contributed by atoms with Gasteiger partial charge in [0.2, 0.25) is 17.7 Å². The van der Waals surface area contributed by atoms with Crippen LogP contribution in [0.4, 0.5) is 5.82 Å². The number of fused-ring (bicyclic) bond motifs is 2. The molecule has 1 N–H and O–H groups in total. The lowest BCUT2D eigenvalue weighted by molar-refractivity contribution is -0.137. The van der Waals surface area contributed by atoms with Crippen molar-refractivity contribution in [2.45, 2.75) is 50.7 Å². The third-order valence-corrected chi connectivity index (χ3v) is 9.28. The van der Waals surface area contributed by atoms with Crippen LogP contribution < -0.4 is 15.0 Å². The molecule has 7 rings (SSSR count). The van der Waals surface area contributed by atoms with E-state index in [9.17, 15) is 19.2 Å². The summed E-state index contributed by atoms with van der Waals surface area (Å²) in [6, 6.07) is 12.5. The molecule has 44 heavy (non-hydrogen) atoms. The molecule has 5 heterocycles. The van der Waals surface area contributed by atoms with Gasteiger partial charge in [-0.05, 0) is 56.5 Å². The summed E-state index contributed by atoms with van der Waals surface area (Å²) in [6.07, 6.45) is 3.14. The fraction of sp³-hybridized carbons (Fsp3) is 0.469. The maximum atomic E-state index is 13.5. The van der Waals surface area contributed by atoms with Gasteiger partial charge in [0, 0.05) is 50.3 Å². The van der Waals surface area contributed by atoms with Crippen molar-refractivity contribution in [1.82, 2.24) is 25.2 Å². The van der Waals surface area contributed by atoms with Crippen LogP contribution >= 0.6 is 0 Å². The predicted octanol–water partition coefficient (Wildman–Crippen LogP) is 2.17. The zero-order valence-corrected chi connectivity index (χ0v) is 24.6. The van der Waals surface area contributed by atoms with Crippen LogP contribution in [0.5, 0.6) is 5.75 Å². The van der Waals surface area contributed by atoms with Crippen LogP contribution in [0.2, 0.25) is 0 Å². The number of anilines is 1. The molecule has 2 unspecified atom stereocenters. The van der Waals surface area contributed by atoms with Gasteiger partial charge in [-0.2, -0.15) is 0 Å². The van der Waals surface area contributed by atoms with Crippen molar-refractivity contribution in [3.8, 4) is 5.75 Å². The van der Waals surface area contributed by atoms with Gasteiger partial charge >= 0.3 is 0 Å². The molecule has 2 aromatic carbocycles. The van der Waals surface area contributed by atoms with Crippen LogP contribution in [-0.4, -0.2) is 101 Å². The van der Waals surface area contributed by atoms with E-state index in [0.29, 0.717) is 50.5 Å². The Morgan fingerprint density at radius 3 is 2.68 bits per heavy atom. The zero-order chi connectivity index (χ0) is 30.2. The van der Waals surface area contributed by atoms with E-state index >= 15 is 0 Å². The first-order valence-corrected chi connectivity index (χ1v) is 15.5. The second-order valence-corrected chi connectivity index (χ2v) is 11.9. The number of carbonyl (C=O) groups is 4. The van der Waals surface area contributed by atoms with Crippen LogP contribution in [0, 0.1) is 0 Å². The van der Waals surface area contributed by atoms with Gasteiger partial charge < -0.3 is 24.0 Å². The highest BCUT2D eigenvalue weighted by Gasteiger charge is 2.40. The number of ether oxygens (including phenoxy) is 1. The summed E-state index contributed by atoms with van der Waals surface area (Å²) in [6.45, 7) is 5.10. The molecule has 4 amide bonds. The number of benzene rings is 2. The van der Waals surface area contributed by atoms with Gasteiger partial charge in [-0.25, -0.2) is 0 Å². The smallest absolute Gasteiger partial charge is 0.255 e. The van der Waals surface area contributed by atoms with Crippen LogP contribution in [-0.2, 0) is 20.9 Å². The number of para-hydroxylation sites is 1. The van der Waals surface area contributed by atoms with E-state index in [1.54, 1.807) is 12.1 Å². The molecule has 0 saturated carbocycles. The number of hydrogen-bond donors (Lipinski definition) is 1. The third-order valence-electron chi connectivity index (χ3n) is 9.28. The number of amides is 4. The number of hydrogen-bond acceptors (Lipinski definition) is 9. The number of likely N-dealkylation sites (tertiary alicyclic amines) is 1. The fourth-order valence-electron chi connectivity index (χ4n) is 6.97. The summed E-state index contributed by atoms with van der Waals surface area (Å²) >= 11 is 0. The van der Waals surface area contributed by atoms with Crippen LogP contribution in [0.3, 0.4) is 0 Å². The second-order valence-electron chi connectivity index (χ2n) is 11.9. The van der Waals surface area contributed by atoms with Gasteiger partial charge in [-0.1, -0.05) is 23.4 Å². The Balaban J connectivity index is 0.905. The summed E-state index contributed by atoms with van der Waals surface area (Å²) in [5.41, 5.74) is 2.08. The lowest BCUT2D eigenvalue weighted by Crippen LogP contribution is -2.54. The van der Waals surface area contributed by atoms with Crippen molar-refractivity contribution in [3.63, 3.8) is 0 Å². The monoisotopic (exact) mass is 600 g/mol. The largest absolute Gasteiger partial charge is 0.493 e. The first-order chi connectivity index (χ1) is 21.5. The Morgan fingerprint density at radius 1 is 1.00 bits per heavy atom. The summed E-state index contributed by atoms with van der Waals surface area (Å²) in [7, 11) is 0. The number of piperidine rings is 1. The van der Waals surface area contributed by atoms with E-state index in [-0.39, 0.29) is 36.7 Å². The minimum absolute atomic E-state index is 0.116. The summed E-state index contributed by atoms with van der Waals surface area (Å²) in [5, 5.41) is 7.61. The summed E-state index contributed by atoms with van der Waals surface area (Å²) in [5.74, 6) is 0.727. The molecule has 3 fully saturated rings. The van der Waals surface area contributed by atoms with E-state index in [4.69, 9.17) is 9.26 Å². The van der Waals surface area contributed by atoms with Gasteiger partial charge in [0.1, 0.15) is 11.8 Å². The first kappa shape index (κ1) is 28.3. The number of nitrogens with one attached hydrogen (secondary N) is 1. The average Bonchev–Trinajstić information content (AvgIpc) is 3.77. The number of aromatic nitrogens is 1. The Kier molecular flexibility index (Phi) is 7.67. The fourth-order valence-corrected chi connectivity index (χ4v) is 6.97. The highest BCUT2D eigenvalue weighted by atomic mass is 16.5. The number of rotatable bonds is 8. The highest BCUT2D eigenvalue weighted by Crippen LogP contribution is 2.34. The van der Waals surface area contributed by atoms with E-state index in [1.165, 1.54) is 4.90 Å². The second kappa shape index (κ2) is 11.9. The SMILES string of the molecule is O=C1CCC(N2Cc3c(OCCCN4CCCC4C(=O)N4CCN(c5noc6ccccc56)CC4)cccc3C2=O)C(=O)N1. The Bertz CT molecular complexity index is 1600. The van der Waals surface area contributed by atoms with E-state index in [2.05, 4.69) is 20.3 Å². The lowest BCUT2D eigenvalue weighted by Gasteiger charge is -2.37. The third kappa shape index (κ3) is 5.27. The molecule has 3 aromatic rings. The standard InChI is InChI=1S/C32H36N6O6/c39-28-12-11-24(30(40)33-28)38-20-23-21(31(38)41)7-3-10-26(23)43-19-5-14-35-13-4-8-25(35)32(42)37-17-15-36(16-18-37)29-22-6-1-2-9-27(22)44-34-29/h1-3,6-7,9-10,24-25H,4-5,8,11-20H2,(H,33,39,40). The van der Waals surface area contributed by atoms with Crippen molar-refractivity contribution in [2.75, 3.05) is 50.8 Å². The minimum atomic E-state index is -0.657. The quantitative estimate of drug-likeness (QED) is 0.306. The van der Waals surface area contributed by atoms with Crippen molar-refractivity contribution in [2.24, 2.45) is 0 Å². The van der Waals surface area contributed by atoms with Crippen molar-refractivity contribution in [3.05, 3.63) is 53.6 Å². The first-order valence-electron chi connectivity index (χ1n) is 15.5. The Hall–Kier alpha value is -4.45. The maximum absolute atomic E-state index is 13.5. The molecule has 4 aliphatic rings. The highest BCUT2D eigenvalue weighted by molar-refractivity contribution is 6.05. The minimum Gasteiger partial charge on any atom is -0.493 e.